The Hall–Kier alpha value is -1.88. The Kier molecular flexibility index (Phi) is 3.57. The number of carboxylic acids is 1. The second-order valence-corrected chi connectivity index (χ2v) is 5.21. The molecule has 0 aliphatic heterocycles. The van der Waals surface area contributed by atoms with Gasteiger partial charge in [-0.3, -0.25) is 0 Å². The van der Waals surface area contributed by atoms with Gasteiger partial charge in [0.2, 0.25) is 0 Å². The highest BCUT2D eigenvalue weighted by atomic mass is 32.1. The normalized spacial score (nSPS) is 10.5. The summed E-state index contributed by atoms with van der Waals surface area (Å²) in [5, 5.41) is 9.19. The van der Waals surface area contributed by atoms with E-state index < -0.39 is 5.97 Å². The quantitative estimate of drug-likeness (QED) is 0.933. The maximum atomic E-state index is 11.2. The van der Waals surface area contributed by atoms with Gasteiger partial charge >= 0.3 is 5.97 Å². The lowest BCUT2D eigenvalue weighted by Gasteiger charge is -2.15. The molecule has 1 N–H and O–H groups in total. The standard InChI is InChI=1S/C14H15NO3S/c1-7-5-10(8(2)9(3)12(7)18-4)11-13(14(16)17)19-6-15-11/h5-6H,1-4H3,(H,16,17). The van der Waals surface area contributed by atoms with Crippen LogP contribution in [0.15, 0.2) is 11.6 Å². The minimum atomic E-state index is -0.942. The number of nitrogens with zero attached hydrogens (tertiary/aromatic N) is 1. The smallest absolute Gasteiger partial charge is 0.348 e. The molecule has 0 atom stereocenters. The molecule has 0 unspecified atom stereocenters. The largest absolute Gasteiger partial charge is 0.496 e. The molecule has 0 fully saturated rings. The lowest BCUT2D eigenvalue weighted by molar-refractivity contribution is 0.0702. The zero-order valence-corrected chi connectivity index (χ0v) is 12.1. The third-order valence-electron chi connectivity index (χ3n) is 3.25. The fraction of sp³-hybridized carbons (Fsp3) is 0.286. The van der Waals surface area contributed by atoms with Gasteiger partial charge in [0.15, 0.2) is 0 Å². The highest BCUT2D eigenvalue weighted by molar-refractivity contribution is 7.12. The van der Waals surface area contributed by atoms with Gasteiger partial charge in [-0.25, -0.2) is 9.78 Å². The Labute approximate surface area is 115 Å². The van der Waals surface area contributed by atoms with Crippen LogP contribution in [0.5, 0.6) is 5.75 Å². The Morgan fingerprint density at radius 1 is 1.32 bits per heavy atom. The van der Waals surface area contributed by atoms with Gasteiger partial charge in [-0.1, -0.05) is 0 Å². The first-order valence-electron chi connectivity index (χ1n) is 5.79. The van der Waals surface area contributed by atoms with Crippen molar-refractivity contribution >= 4 is 17.3 Å². The number of hydrogen-bond donors (Lipinski definition) is 1. The Bertz CT molecular complexity index is 646. The molecular weight excluding hydrogens is 262 g/mol. The summed E-state index contributed by atoms with van der Waals surface area (Å²) in [6, 6.07) is 1.93. The second-order valence-electron chi connectivity index (χ2n) is 4.36. The number of hydrogen-bond acceptors (Lipinski definition) is 4. The molecule has 100 valence electrons. The third kappa shape index (κ3) is 2.21. The van der Waals surface area contributed by atoms with Crippen LogP contribution in [0.3, 0.4) is 0 Å². The van der Waals surface area contributed by atoms with Crippen molar-refractivity contribution in [2.75, 3.05) is 7.11 Å². The van der Waals surface area contributed by atoms with Crippen molar-refractivity contribution in [2.24, 2.45) is 0 Å². The lowest BCUT2D eigenvalue weighted by Crippen LogP contribution is -2.00. The molecule has 0 saturated heterocycles. The van der Waals surface area contributed by atoms with E-state index in [0.29, 0.717) is 5.69 Å². The second kappa shape index (κ2) is 5.01. The van der Waals surface area contributed by atoms with Gasteiger partial charge < -0.3 is 9.84 Å². The van der Waals surface area contributed by atoms with Gasteiger partial charge in [-0.15, -0.1) is 11.3 Å². The van der Waals surface area contributed by atoms with E-state index in [1.165, 1.54) is 0 Å². The van der Waals surface area contributed by atoms with Crippen molar-refractivity contribution in [3.05, 3.63) is 33.1 Å². The molecule has 0 bridgehead atoms. The average molecular weight is 277 g/mol. The van der Waals surface area contributed by atoms with Crippen molar-refractivity contribution in [1.29, 1.82) is 0 Å². The average Bonchev–Trinajstić information content (AvgIpc) is 2.83. The summed E-state index contributed by atoms with van der Waals surface area (Å²) < 4.78 is 5.37. The van der Waals surface area contributed by atoms with Crippen molar-refractivity contribution in [2.45, 2.75) is 20.8 Å². The van der Waals surface area contributed by atoms with E-state index in [0.717, 1.165) is 39.3 Å². The predicted molar refractivity (Wildman–Crippen MR) is 75.3 cm³/mol. The van der Waals surface area contributed by atoms with E-state index in [4.69, 9.17) is 4.74 Å². The SMILES string of the molecule is COc1c(C)cc(-c2ncsc2C(=O)O)c(C)c1C. The summed E-state index contributed by atoms with van der Waals surface area (Å²) in [5.74, 6) is -0.101. The van der Waals surface area contributed by atoms with Crippen LogP contribution in [-0.2, 0) is 0 Å². The first-order valence-corrected chi connectivity index (χ1v) is 6.67. The van der Waals surface area contributed by atoms with Crippen molar-refractivity contribution in [3.63, 3.8) is 0 Å². The minimum Gasteiger partial charge on any atom is -0.496 e. The molecule has 19 heavy (non-hydrogen) atoms. The molecule has 2 aromatic rings. The van der Waals surface area contributed by atoms with E-state index in [1.807, 2.05) is 26.8 Å². The number of aromatic nitrogens is 1. The van der Waals surface area contributed by atoms with Crippen LogP contribution in [0.1, 0.15) is 26.4 Å². The molecule has 0 amide bonds. The number of thiazole rings is 1. The Morgan fingerprint density at radius 3 is 2.58 bits per heavy atom. The predicted octanol–water partition coefficient (Wildman–Crippen LogP) is 3.44. The molecule has 0 aliphatic carbocycles. The van der Waals surface area contributed by atoms with Crippen LogP contribution in [0.25, 0.3) is 11.3 Å². The van der Waals surface area contributed by atoms with Crippen molar-refractivity contribution < 1.29 is 14.6 Å². The van der Waals surface area contributed by atoms with E-state index in [2.05, 4.69) is 4.98 Å². The highest BCUT2D eigenvalue weighted by Gasteiger charge is 2.19. The zero-order valence-electron chi connectivity index (χ0n) is 11.3. The van der Waals surface area contributed by atoms with Crippen LogP contribution >= 0.6 is 11.3 Å². The summed E-state index contributed by atoms with van der Waals surface area (Å²) in [6.45, 7) is 5.87. The first kappa shape index (κ1) is 13.5. The van der Waals surface area contributed by atoms with Crippen LogP contribution in [0.2, 0.25) is 0 Å². The molecule has 5 heteroatoms. The molecule has 2 rings (SSSR count). The van der Waals surface area contributed by atoms with Gasteiger partial charge in [0.1, 0.15) is 10.6 Å². The molecule has 4 nitrogen and oxygen atoms in total. The van der Waals surface area contributed by atoms with Gasteiger partial charge in [0.05, 0.1) is 18.3 Å². The maximum absolute atomic E-state index is 11.2. The minimum absolute atomic E-state index is 0.270. The van der Waals surface area contributed by atoms with Crippen molar-refractivity contribution in [3.8, 4) is 17.0 Å². The molecule has 1 heterocycles. The number of ether oxygens (including phenoxy) is 1. The summed E-state index contributed by atoms with van der Waals surface area (Å²) in [7, 11) is 1.64. The lowest BCUT2D eigenvalue weighted by atomic mass is 9.96. The number of benzene rings is 1. The number of methoxy groups -OCH3 is 1. The van der Waals surface area contributed by atoms with Crippen molar-refractivity contribution in [1.82, 2.24) is 4.98 Å². The molecule has 0 spiro atoms. The maximum Gasteiger partial charge on any atom is 0.348 e. The fourth-order valence-corrected chi connectivity index (χ4v) is 2.85. The number of rotatable bonds is 3. The molecule has 0 saturated carbocycles. The van der Waals surface area contributed by atoms with E-state index >= 15 is 0 Å². The third-order valence-corrected chi connectivity index (χ3v) is 4.06. The molecule has 1 aromatic carbocycles. The first-order chi connectivity index (χ1) is 8.97. The fourth-order valence-electron chi connectivity index (χ4n) is 2.21. The zero-order chi connectivity index (χ0) is 14.2. The van der Waals surface area contributed by atoms with E-state index in [9.17, 15) is 9.90 Å². The van der Waals surface area contributed by atoms with Gasteiger partial charge in [-0.2, -0.15) is 0 Å². The summed E-state index contributed by atoms with van der Waals surface area (Å²) >= 11 is 1.14. The molecule has 0 aliphatic rings. The van der Waals surface area contributed by atoms with Crippen LogP contribution in [0, 0.1) is 20.8 Å². The van der Waals surface area contributed by atoms with Crippen LogP contribution in [-0.4, -0.2) is 23.2 Å². The number of aromatic carboxylic acids is 1. The highest BCUT2D eigenvalue weighted by Crippen LogP contribution is 2.35. The molecular formula is C14H15NO3S. The summed E-state index contributed by atoms with van der Waals surface area (Å²) in [6.07, 6.45) is 0. The van der Waals surface area contributed by atoms with Gasteiger partial charge in [0.25, 0.3) is 0 Å². The topological polar surface area (TPSA) is 59.4 Å². The van der Waals surface area contributed by atoms with E-state index in [1.54, 1.807) is 12.6 Å². The summed E-state index contributed by atoms with van der Waals surface area (Å²) in [5.41, 5.74) is 5.94. The van der Waals surface area contributed by atoms with Crippen LogP contribution in [0.4, 0.5) is 0 Å². The number of aryl methyl sites for hydroxylation is 1. The molecule has 0 radical (unpaired) electrons. The monoisotopic (exact) mass is 277 g/mol. The Morgan fingerprint density at radius 2 is 2.00 bits per heavy atom. The number of carboxylic acid groups (broad SMARTS) is 1. The number of carbonyl (C=O) groups is 1. The van der Waals surface area contributed by atoms with Gasteiger partial charge in [0, 0.05) is 5.56 Å². The Balaban J connectivity index is 2.70. The van der Waals surface area contributed by atoms with Gasteiger partial charge in [-0.05, 0) is 43.5 Å². The van der Waals surface area contributed by atoms with E-state index in [-0.39, 0.29) is 4.88 Å². The summed E-state index contributed by atoms with van der Waals surface area (Å²) in [4.78, 5) is 15.7. The molecule has 1 aromatic heterocycles. The van der Waals surface area contributed by atoms with Crippen LogP contribution < -0.4 is 4.74 Å².